The number of ether oxygens (including phenoxy) is 2. The highest BCUT2D eigenvalue weighted by atomic mass is 32.2. The van der Waals surface area contributed by atoms with Gasteiger partial charge >= 0.3 is 6.18 Å². The zero-order valence-corrected chi connectivity index (χ0v) is 13.6. The standard InChI is InChI=1S/C15H18F3NO4S/c16-15(17,18)12-2-1-3-13(10-12)24(20,21)19-6-4-11(5-7-19)14-22-8-9-23-14/h1-3,10-11,14H,4-9H2. The number of rotatable bonds is 3. The molecule has 134 valence electrons. The third-order valence-corrected chi connectivity index (χ3v) is 6.22. The van der Waals surface area contributed by atoms with E-state index in [0.29, 0.717) is 32.1 Å². The molecule has 5 nitrogen and oxygen atoms in total. The van der Waals surface area contributed by atoms with Crippen LogP contribution in [0.15, 0.2) is 29.2 Å². The molecule has 2 heterocycles. The molecule has 1 aromatic carbocycles. The van der Waals surface area contributed by atoms with E-state index < -0.39 is 21.8 Å². The van der Waals surface area contributed by atoms with Crippen LogP contribution in [0.5, 0.6) is 0 Å². The van der Waals surface area contributed by atoms with Crippen LogP contribution in [0.1, 0.15) is 18.4 Å². The molecule has 0 amide bonds. The number of hydrogen-bond donors (Lipinski definition) is 0. The van der Waals surface area contributed by atoms with Gasteiger partial charge < -0.3 is 9.47 Å². The van der Waals surface area contributed by atoms with E-state index in [1.54, 1.807) is 0 Å². The topological polar surface area (TPSA) is 55.8 Å². The van der Waals surface area contributed by atoms with Crippen LogP contribution in [0.3, 0.4) is 0 Å². The molecule has 0 aromatic heterocycles. The van der Waals surface area contributed by atoms with E-state index in [0.717, 1.165) is 12.1 Å². The second-order valence-corrected chi connectivity index (χ2v) is 7.82. The van der Waals surface area contributed by atoms with Crippen molar-refractivity contribution in [2.24, 2.45) is 5.92 Å². The van der Waals surface area contributed by atoms with E-state index in [1.807, 2.05) is 0 Å². The fourth-order valence-electron chi connectivity index (χ4n) is 3.02. The molecule has 0 spiro atoms. The lowest BCUT2D eigenvalue weighted by molar-refractivity contribution is -0.137. The third-order valence-electron chi connectivity index (χ3n) is 4.33. The van der Waals surface area contributed by atoms with Crippen molar-refractivity contribution in [3.63, 3.8) is 0 Å². The van der Waals surface area contributed by atoms with Gasteiger partial charge in [-0.15, -0.1) is 0 Å². The lowest BCUT2D eigenvalue weighted by atomic mass is 9.98. The maximum absolute atomic E-state index is 12.8. The first-order valence-electron chi connectivity index (χ1n) is 7.69. The summed E-state index contributed by atoms with van der Waals surface area (Å²) in [5, 5.41) is 0. The normalized spacial score (nSPS) is 22.1. The van der Waals surface area contributed by atoms with Crippen molar-refractivity contribution in [2.45, 2.75) is 30.2 Å². The molecule has 0 aliphatic carbocycles. The first-order chi connectivity index (χ1) is 11.3. The molecule has 2 fully saturated rings. The summed E-state index contributed by atoms with van der Waals surface area (Å²) in [4.78, 5) is -0.329. The molecular formula is C15H18F3NO4S. The van der Waals surface area contributed by atoms with Gasteiger partial charge in [-0.3, -0.25) is 0 Å². The Balaban J connectivity index is 1.72. The zero-order chi connectivity index (χ0) is 17.4. The molecule has 1 aromatic rings. The quantitative estimate of drug-likeness (QED) is 0.826. The largest absolute Gasteiger partial charge is 0.416 e. The van der Waals surface area contributed by atoms with Crippen LogP contribution >= 0.6 is 0 Å². The average molecular weight is 365 g/mol. The molecular weight excluding hydrogens is 347 g/mol. The molecule has 3 rings (SSSR count). The maximum Gasteiger partial charge on any atom is 0.416 e. The monoisotopic (exact) mass is 365 g/mol. The van der Waals surface area contributed by atoms with Gasteiger partial charge in [-0.05, 0) is 31.0 Å². The van der Waals surface area contributed by atoms with E-state index >= 15 is 0 Å². The first-order valence-corrected chi connectivity index (χ1v) is 9.13. The van der Waals surface area contributed by atoms with Gasteiger partial charge in [0.2, 0.25) is 10.0 Å². The van der Waals surface area contributed by atoms with Crippen LogP contribution in [0, 0.1) is 5.92 Å². The number of piperidine rings is 1. The molecule has 24 heavy (non-hydrogen) atoms. The molecule has 2 aliphatic rings. The molecule has 9 heteroatoms. The van der Waals surface area contributed by atoms with Gasteiger partial charge in [0.1, 0.15) is 0 Å². The van der Waals surface area contributed by atoms with E-state index in [4.69, 9.17) is 9.47 Å². The predicted molar refractivity (Wildman–Crippen MR) is 78.6 cm³/mol. The SMILES string of the molecule is O=S(=O)(c1cccc(C(F)(F)F)c1)N1CCC(C2OCCO2)CC1. The Kier molecular flexibility index (Phi) is 4.87. The van der Waals surface area contributed by atoms with E-state index in [9.17, 15) is 21.6 Å². The smallest absolute Gasteiger partial charge is 0.350 e. The van der Waals surface area contributed by atoms with E-state index in [1.165, 1.54) is 10.4 Å². The Bertz CT molecular complexity index is 678. The number of alkyl halides is 3. The lowest BCUT2D eigenvalue weighted by Gasteiger charge is -2.33. The Morgan fingerprint density at radius 1 is 1.08 bits per heavy atom. The van der Waals surface area contributed by atoms with E-state index in [-0.39, 0.29) is 30.2 Å². The van der Waals surface area contributed by atoms with Crippen LogP contribution < -0.4 is 0 Å². The summed E-state index contributed by atoms with van der Waals surface area (Å²) in [5.74, 6) is 0.112. The number of halogens is 3. The van der Waals surface area contributed by atoms with Crippen molar-refractivity contribution in [3.05, 3.63) is 29.8 Å². The van der Waals surface area contributed by atoms with E-state index in [2.05, 4.69) is 0 Å². The van der Waals surface area contributed by atoms with Gasteiger partial charge in [-0.1, -0.05) is 6.07 Å². The molecule has 0 unspecified atom stereocenters. The highest BCUT2D eigenvalue weighted by molar-refractivity contribution is 7.89. The predicted octanol–water partition coefficient (Wildman–Crippen LogP) is 2.48. The maximum atomic E-state index is 12.8. The molecule has 0 atom stereocenters. The van der Waals surface area contributed by atoms with Crippen molar-refractivity contribution in [2.75, 3.05) is 26.3 Å². The molecule has 0 bridgehead atoms. The minimum atomic E-state index is -4.57. The molecule has 0 N–H and O–H groups in total. The van der Waals surface area contributed by atoms with Crippen molar-refractivity contribution < 1.29 is 31.1 Å². The van der Waals surface area contributed by atoms with Crippen molar-refractivity contribution >= 4 is 10.0 Å². The fraction of sp³-hybridized carbons (Fsp3) is 0.600. The second kappa shape index (κ2) is 6.62. The van der Waals surface area contributed by atoms with Gasteiger partial charge in [0.25, 0.3) is 0 Å². The fourth-order valence-corrected chi connectivity index (χ4v) is 4.54. The van der Waals surface area contributed by atoms with Crippen LogP contribution in [0.2, 0.25) is 0 Å². The Hall–Kier alpha value is -1.16. The highest BCUT2D eigenvalue weighted by Crippen LogP contribution is 2.33. The Labute approximate surface area is 138 Å². The van der Waals surface area contributed by atoms with Crippen LogP contribution in [-0.4, -0.2) is 45.3 Å². The Morgan fingerprint density at radius 2 is 1.71 bits per heavy atom. The summed E-state index contributed by atoms with van der Waals surface area (Å²) >= 11 is 0. The average Bonchev–Trinajstić information content (AvgIpc) is 3.09. The number of hydrogen-bond acceptors (Lipinski definition) is 4. The van der Waals surface area contributed by atoms with Crippen LogP contribution in [0.25, 0.3) is 0 Å². The second-order valence-electron chi connectivity index (χ2n) is 5.88. The summed E-state index contributed by atoms with van der Waals surface area (Å²) in [6.07, 6.45) is -3.76. The minimum absolute atomic E-state index is 0.112. The van der Waals surface area contributed by atoms with Gasteiger partial charge in [0, 0.05) is 19.0 Å². The highest BCUT2D eigenvalue weighted by Gasteiger charge is 2.36. The molecule has 0 radical (unpaired) electrons. The number of sulfonamides is 1. The van der Waals surface area contributed by atoms with Gasteiger partial charge in [0.05, 0.1) is 23.7 Å². The lowest BCUT2D eigenvalue weighted by Crippen LogP contribution is -2.41. The summed E-state index contributed by atoms with van der Waals surface area (Å²) in [6.45, 7) is 1.56. The number of nitrogens with zero attached hydrogens (tertiary/aromatic N) is 1. The summed E-state index contributed by atoms with van der Waals surface area (Å²) < 4.78 is 75.6. The summed E-state index contributed by atoms with van der Waals surface area (Å²) in [5.41, 5.74) is -0.966. The van der Waals surface area contributed by atoms with Gasteiger partial charge in [0.15, 0.2) is 6.29 Å². The van der Waals surface area contributed by atoms with Crippen molar-refractivity contribution in [1.82, 2.24) is 4.31 Å². The zero-order valence-electron chi connectivity index (χ0n) is 12.8. The molecule has 2 aliphatic heterocycles. The minimum Gasteiger partial charge on any atom is -0.350 e. The summed E-state index contributed by atoms with van der Waals surface area (Å²) in [7, 11) is -3.94. The number of benzene rings is 1. The Morgan fingerprint density at radius 3 is 2.29 bits per heavy atom. The first kappa shape index (κ1) is 17.7. The third kappa shape index (κ3) is 3.58. The molecule has 2 saturated heterocycles. The van der Waals surface area contributed by atoms with Crippen molar-refractivity contribution in [3.8, 4) is 0 Å². The van der Waals surface area contributed by atoms with Gasteiger partial charge in [-0.2, -0.15) is 17.5 Å². The van der Waals surface area contributed by atoms with Crippen LogP contribution in [0.4, 0.5) is 13.2 Å². The van der Waals surface area contributed by atoms with Crippen molar-refractivity contribution in [1.29, 1.82) is 0 Å². The summed E-state index contributed by atoms with van der Waals surface area (Å²) in [6, 6.07) is 3.85. The van der Waals surface area contributed by atoms with Gasteiger partial charge in [-0.25, -0.2) is 8.42 Å². The molecule has 0 saturated carbocycles. The van der Waals surface area contributed by atoms with Crippen LogP contribution in [-0.2, 0) is 25.7 Å².